The third-order valence-corrected chi connectivity index (χ3v) is 5.81. The molecule has 0 saturated heterocycles. The molecule has 0 fully saturated rings. The summed E-state index contributed by atoms with van der Waals surface area (Å²) in [6.45, 7) is 1.98. The topological polar surface area (TPSA) is 137 Å². The van der Waals surface area contributed by atoms with Crippen molar-refractivity contribution in [2.45, 2.75) is 6.92 Å². The summed E-state index contributed by atoms with van der Waals surface area (Å²) >= 11 is 0. The summed E-state index contributed by atoms with van der Waals surface area (Å²) in [6.07, 6.45) is 0. The molecule has 0 atom stereocenters. The van der Waals surface area contributed by atoms with Gasteiger partial charge in [-0.15, -0.1) is 0 Å². The number of nitro groups is 1. The number of para-hydroxylation sites is 2. The van der Waals surface area contributed by atoms with Crippen molar-refractivity contribution < 1.29 is 23.7 Å². The highest BCUT2D eigenvalue weighted by Gasteiger charge is 2.19. The summed E-state index contributed by atoms with van der Waals surface area (Å²) in [5.74, 6) is -0.274. The van der Waals surface area contributed by atoms with E-state index in [4.69, 9.17) is 9.15 Å². The minimum absolute atomic E-state index is 0.0928. The monoisotopic (exact) mass is 522 g/mol. The van der Waals surface area contributed by atoms with Crippen LogP contribution in [0, 0.1) is 10.1 Å². The molecule has 194 valence electrons. The molecule has 5 aromatic rings. The fourth-order valence-electron chi connectivity index (χ4n) is 3.88. The van der Waals surface area contributed by atoms with E-state index in [-0.39, 0.29) is 29.5 Å². The van der Waals surface area contributed by atoms with E-state index in [0.29, 0.717) is 28.4 Å². The average Bonchev–Trinajstić information content (AvgIpc) is 3.38. The Morgan fingerprint density at radius 2 is 1.49 bits per heavy atom. The van der Waals surface area contributed by atoms with Gasteiger partial charge in [0.2, 0.25) is 5.89 Å². The molecule has 0 spiro atoms. The number of hydrogen-bond acceptors (Lipinski definition) is 7. The van der Waals surface area contributed by atoms with Gasteiger partial charge in [-0.1, -0.05) is 12.1 Å². The summed E-state index contributed by atoms with van der Waals surface area (Å²) in [6, 6.07) is 24.9. The van der Waals surface area contributed by atoms with Crippen molar-refractivity contribution in [3.63, 3.8) is 0 Å². The second-order valence-corrected chi connectivity index (χ2v) is 8.42. The number of anilines is 2. The molecular weight excluding hydrogens is 500 g/mol. The average molecular weight is 523 g/mol. The van der Waals surface area contributed by atoms with Crippen molar-refractivity contribution in [3.05, 3.63) is 112 Å². The molecule has 0 aliphatic carbocycles. The number of carbonyl (C=O) groups is 2. The predicted octanol–water partition coefficient (Wildman–Crippen LogP) is 6.31. The Balaban J connectivity index is 1.22. The molecule has 0 aliphatic heterocycles. The van der Waals surface area contributed by atoms with Gasteiger partial charge >= 0.3 is 5.69 Å². The molecule has 0 aliphatic rings. The number of amides is 2. The second-order valence-electron chi connectivity index (χ2n) is 8.42. The predicted molar refractivity (Wildman–Crippen MR) is 146 cm³/mol. The highest BCUT2D eigenvalue weighted by molar-refractivity contribution is 6.06. The van der Waals surface area contributed by atoms with E-state index >= 15 is 0 Å². The van der Waals surface area contributed by atoms with Crippen molar-refractivity contribution in [2.24, 2.45) is 0 Å². The molecule has 1 aromatic heterocycles. The Bertz CT molecular complexity index is 1640. The first kappa shape index (κ1) is 25.2. The Morgan fingerprint density at radius 1 is 0.872 bits per heavy atom. The van der Waals surface area contributed by atoms with Gasteiger partial charge in [0.1, 0.15) is 5.52 Å². The number of fused-ring (bicyclic) bond motifs is 1. The lowest BCUT2D eigenvalue weighted by Crippen LogP contribution is -2.14. The van der Waals surface area contributed by atoms with Crippen molar-refractivity contribution in [1.29, 1.82) is 0 Å². The van der Waals surface area contributed by atoms with Gasteiger partial charge in [0.15, 0.2) is 11.3 Å². The zero-order chi connectivity index (χ0) is 27.4. The number of carbonyl (C=O) groups excluding carboxylic acids is 2. The SMILES string of the molecule is CCOc1ccc(C(=O)Nc2ccc(C(=O)Nc3ccc(-c4nc5ccccc5o4)cc3)cc2)cc1[N+](=O)[O-]. The standard InChI is InChI=1S/C29H22N4O6/c1-2-38-26-16-11-20(17-24(26)33(36)37)28(35)31-21-12-7-18(8-13-21)27(34)30-22-14-9-19(10-15-22)29-32-23-5-3-4-6-25(23)39-29/h3-17H,2H2,1H3,(H,30,34)(H,31,35). The lowest BCUT2D eigenvalue weighted by atomic mass is 10.1. The van der Waals surface area contributed by atoms with Crippen LogP contribution in [-0.4, -0.2) is 28.3 Å². The van der Waals surface area contributed by atoms with Crippen LogP contribution in [0.25, 0.3) is 22.6 Å². The van der Waals surface area contributed by atoms with Crippen LogP contribution >= 0.6 is 0 Å². The van der Waals surface area contributed by atoms with Crippen molar-refractivity contribution >= 4 is 40.0 Å². The van der Waals surface area contributed by atoms with E-state index in [1.807, 2.05) is 36.4 Å². The number of hydrogen-bond donors (Lipinski definition) is 2. The quantitative estimate of drug-likeness (QED) is 0.180. The fourth-order valence-corrected chi connectivity index (χ4v) is 3.88. The van der Waals surface area contributed by atoms with E-state index in [1.54, 1.807) is 43.3 Å². The van der Waals surface area contributed by atoms with Gasteiger partial charge < -0.3 is 19.8 Å². The first-order valence-corrected chi connectivity index (χ1v) is 12.0. The molecule has 5 rings (SSSR count). The molecular formula is C29H22N4O6. The largest absolute Gasteiger partial charge is 0.487 e. The lowest BCUT2D eigenvalue weighted by molar-refractivity contribution is -0.385. The zero-order valence-electron chi connectivity index (χ0n) is 20.7. The third-order valence-electron chi connectivity index (χ3n) is 5.81. The number of rotatable bonds is 8. The van der Waals surface area contributed by atoms with Crippen LogP contribution in [0.4, 0.5) is 17.1 Å². The van der Waals surface area contributed by atoms with Crippen molar-refractivity contribution in [2.75, 3.05) is 17.2 Å². The smallest absolute Gasteiger partial charge is 0.311 e. The van der Waals surface area contributed by atoms with Crippen LogP contribution in [0.1, 0.15) is 27.6 Å². The van der Waals surface area contributed by atoms with Gasteiger partial charge in [-0.25, -0.2) is 4.98 Å². The molecule has 39 heavy (non-hydrogen) atoms. The van der Waals surface area contributed by atoms with Gasteiger partial charge in [-0.2, -0.15) is 0 Å². The number of aromatic nitrogens is 1. The Hall–Kier alpha value is -5.51. The van der Waals surface area contributed by atoms with E-state index in [0.717, 1.165) is 17.1 Å². The van der Waals surface area contributed by atoms with Crippen LogP contribution in [0.3, 0.4) is 0 Å². The number of ether oxygens (including phenoxy) is 1. The van der Waals surface area contributed by atoms with Gasteiger partial charge in [-0.3, -0.25) is 19.7 Å². The summed E-state index contributed by atoms with van der Waals surface area (Å²) < 4.78 is 11.0. The molecule has 2 amide bonds. The highest BCUT2D eigenvalue weighted by Crippen LogP contribution is 2.29. The van der Waals surface area contributed by atoms with Gasteiger partial charge in [0, 0.05) is 34.1 Å². The summed E-state index contributed by atoms with van der Waals surface area (Å²) in [7, 11) is 0. The Morgan fingerprint density at radius 3 is 2.13 bits per heavy atom. The normalized spacial score (nSPS) is 10.7. The number of nitro benzene ring substituents is 1. The minimum Gasteiger partial charge on any atom is -0.487 e. The molecule has 10 heteroatoms. The van der Waals surface area contributed by atoms with Crippen molar-refractivity contribution in [3.8, 4) is 17.2 Å². The Labute approximate surface area is 222 Å². The first-order chi connectivity index (χ1) is 18.9. The van der Waals surface area contributed by atoms with Crippen LogP contribution in [0.2, 0.25) is 0 Å². The first-order valence-electron chi connectivity index (χ1n) is 12.0. The summed E-state index contributed by atoms with van der Waals surface area (Å²) in [4.78, 5) is 40.6. The van der Waals surface area contributed by atoms with Crippen LogP contribution in [0.15, 0.2) is 95.4 Å². The number of oxazole rings is 1. The van der Waals surface area contributed by atoms with E-state index in [2.05, 4.69) is 15.6 Å². The zero-order valence-corrected chi connectivity index (χ0v) is 20.7. The maximum absolute atomic E-state index is 12.7. The van der Waals surface area contributed by atoms with E-state index in [1.165, 1.54) is 12.1 Å². The maximum Gasteiger partial charge on any atom is 0.311 e. The summed E-state index contributed by atoms with van der Waals surface area (Å²) in [5, 5.41) is 16.8. The van der Waals surface area contributed by atoms with Crippen LogP contribution in [-0.2, 0) is 0 Å². The molecule has 0 radical (unpaired) electrons. The number of benzene rings is 4. The van der Waals surface area contributed by atoms with Crippen LogP contribution in [0.5, 0.6) is 5.75 Å². The molecule has 1 heterocycles. The highest BCUT2D eigenvalue weighted by atomic mass is 16.6. The van der Waals surface area contributed by atoms with E-state index in [9.17, 15) is 19.7 Å². The van der Waals surface area contributed by atoms with Crippen LogP contribution < -0.4 is 15.4 Å². The minimum atomic E-state index is -0.599. The number of nitrogens with one attached hydrogen (secondary N) is 2. The second kappa shape index (κ2) is 10.9. The van der Waals surface area contributed by atoms with E-state index < -0.39 is 10.8 Å². The van der Waals surface area contributed by atoms with Crippen molar-refractivity contribution in [1.82, 2.24) is 4.98 Å². The molecule has 0 bridgehead atoms. The fraction of sp³-hybridized carbons (Fsp3) is 0.0690. The number of nitrogens with zero attached hydrogens (tertiary/aromatic N) is 2. The molecule has 4 aromatic carbocycles. The Kier molecular flexibility index (Phi) is 7.00. The molecule has 0 unspecified atom stereocenters. The van der Waals surface area contributed by atoms with Gasteiger partial charge in [0.05, 0.1) is 11.5 Å². The lowest BCUT2D eigenvalue weighted by Gasteiger charge is -2.09. The summed E-state index contributed by atoms with van der Waals surface area (Å²) in [5.41, 5.74) is 3.46. The molecule has 2 N–H and O–H groups in total. The molecule has 0 saturated carbocycles. The van der Waals surface area contributed by atoms with Gasteiger partial charge in [0.25, 0.3) is 11.8 Å². The third kappa shape index (κ3) is 5.59. The molecule has 10 nitrogen and oxygen atoms in total. The van der Waals surface area contributed by atoms with Gasteiger partial charge in [-0.05, 0) is 79.7 Å². The maximum atomic E-state index is 12.7.